The molecule has 114 valence electrons. The number of hydrogen-bond acceptors (Lipinski definition) is 2. The molecule has 0 amide bonds. The van der Waals surface area contributed by atoms with E-state index >= 15 is 0 Å². The molecule has 0 heterocycles. The lowest BCUT2D eigenvalue weighted by Gasteiger charge is -2.04. The highest BCUT2D eigenvalue weighted by Gasteiger charge is 2.03. The maximum Gasteiger partial charge on any atom is 0.142 e. The van der Waals surface area contributed by atoms with Crippen LogP contribution in [0.5, 0.6) is 0 Å². The molecule has 0 aliphatic carbocycles. The van der Waals surface area contributed by atoms with E-state index < -0.39 is 0 Å². The fourth-order valence-corrected chi connectivity index (χ4v) is 2.80. The van der Waals surface area contributed by atoms with Gasteiger partial charge in [0.2, 0.25) is 0 Å². The first-order valence-corrected chi connectivity index (χ1v) is 9.35. The Balaban J connectivity index is 3.11. The zero-order valence-electron chi connectivity index (χ0n) is 13.4. The molecule has 0 aliphatic rings. The second kappa shape index (κ2) is 14.4. The van der Waals surface area contributed by atoms with Gasteiger partial charge in [0.05, 0.1) is 5.75 Å². The molecule has 0 aromatic heterocycles. The summed E-state index contributed by atoms with van der Waals surface area (Å²) in [6.45, 7) is 6.57. The van der Waals surface area contributed by atoms with Crippen LogP contribution in [0.25, 0.3) is 0 Å². The lowest BCUT2D eigenvalue weighted by molar-refractivity contribution is -0.116. The minimum absolute atomic E-state index is 0.443. The van der Waals surface area contributed by atoms with E-state index in [1.54, 1.807) is 11.8 Å². The largest absolute Gasteiger partial charge is 0.299 e. The Kier molecular flexibility index (Phi) is 14.4. The summed E-state index contributed by atoms with van der Waals surface area (Å²) in [6, 6.07) is 0. The van der Waals surface area contributed by atoms with Crippen LogP contribution in [0.3, 0.4) is 0 Å². The molecular weight excluding hydrogens is 252 g/mol. The van der Waals surface area contributed by atoms with Crippen molar-refractivity contribution in [2.24, 2.45) is 0 Å². The van der Waals surface area contributed by atoms with Gasteiger partial charge in [-0.05, 0) is 11.7 Å². The standard InChI is InChI=1S/C17H34OS/c1-4-5-6-7-8-9-10-11-12-13-14-17(18)15-19-16(2)3/h16H,4-15H2,1-3H3. The van der Waals surface area contributed by atoms with E-state index in [2.05, 4.69) is 20.8 Å². The highest BCUT2D eigenvalue weighted by Crippen LogP contribution is 2.13. The summed E-state index contributed by atoms with van der Waals surface area (Å²) in [4.78, 5) is 11.6. The van der Waals surface area contributed by atoms with Gasteiger partial charge in [0.25, 0.3) is 0 Å². The Labute approximate surface area is 125 Å². The van der Waals surface area contributed by atoms with Gasteiger partial charge in [-0.15, -0.1) is 0 Å². The van der Waals surface area contributed by atoms with Gasteiger partial charge in [0.15, 0.2) is 0 Å². The van der Waals surface area contributed by atoms with Crippen LogP contribution in [-0.2, 0) is 4.79 Å². The number of Topliss-reactive ketones (excluding diaryl/α,β-unsaturated/α-hetero) is 1. The van der Waals surface area contributed by atoms with Gasteiger partial charge in [-0.3, -0.25) is 4.79 Å². The van der Waals surface area contributed by atoms with Gasteiger partial charge in [-0.2, -0.15) is 11.8 Å². The number of rotatable bonds is 14. The van der Waals surface area contributed by atoms with Crippen molar-refractivity contribution in [3.05, 3.63) is 0 Å². The summed E-state index contributed by atoms with van der Waals surface area (Å²) in [5.41, 5.74) is 0. The van der Waals surface area contributed by atoms with Crippen LogP contribution in [0.2, 0.25) is 0 Å². The molecule has 0 unspecified atom stereocenters. The first-order chi connectivity index (χ1) is 9.16. The molecule has 19 heavy (non-hydrogen) atoms. The molecule has 0 rings (SSSR count). The van der Waals surface area contributed by atoms with Crippen LogP contribution in [0, 0.1) is 0 Å². The molecule has 1 nitrogen and oxygen atoms in total. The van der Waals surface area contributed by atoms with Crippen molar-refractivity contribution in [2.45, 2.75) is 96.7 Å². The lowest BCUT2D eigenvalue weighted by atomic mass is 10.1. The Bertz CT molecular complexity index is 201. The Morgan fingerprint density at radius 3 is 1.79 bits per heavy atom. The predicted molar refractivity (Wildman–Crippen MR) is 89.1 cm³/mol. The van der Waals surface area contributed by atoms with E-state index in [9.17, 15) is 4.79 Å². The molecule has 0 fully saturated rings. The Morgan fingerprint density at radius 1 is 0.842 bits per heavy atom. The lowest BCUT2D eigenvalue weighted by Crippen LogP contribution is -2.03. The summed E-state index contributed by atoms with van der Waals surface area (Å²) in [7, 11) is 0. The highest BCUT2D eigenvalue weighted by atomic mass is 32.2. The Hall–Kier alpha value is 0.0200. The van der Waals surface area contributed by atoms with Crippen molar-refractivity contribution in [2.75, 3.05) is 5.75 Å². The van der Waals surface area contributed by atoms with Crippen LogP contribution in [0.4, 0.5) is 0 Å². The van der Waals surface area contributed by atoms with Gasteiger partial charge in [0, 0.05) is 6.42 Å². The van der Waals surface area contributed by atoms with Crippen LogP contribution < -0.4 is 0 Å². The van der Waals surface area contributed by atoms with Crippen molar-refractivity contribution >= 4 is 17.5 Å². The van der Waals surface area contributed by atoms with Crippen molar-refractivity contribution in [3.8, 4) is 0 Å². The average molecular weight is 287 g/mol. The van der Waals surface area contributed by atoms with Gasteiger partial charge >= 0.3 is 0 Å². The first-order valence-electron chi connectivity index (χ1n) is 8.30. The predicted octanol–water partition coefficient (Wildman–Crippen LogP) is 6.01. The third-order valence-electron chi connectivity index (χ3n) is 3.39. The second-order valence-corrected chi connectivity index (χ2v) is 7.40. The summed E-state index contributed by atoms with van der Waals surface area (Å²) < 4.78 is 0. The minimum Gasteiger partial charge on any atom is -0.299 e. The summed E-state index contributed by atoms with van der Waals surface area (Å²) in [6.07, 6.45) is 14.2. The summed E-state index contributed by atoms with van der Waals surface area (Å²) in [5, 5.41) is 0.580. The van der Waals surface area contributed by atoms with Gasteiger partial charge in [0.1, 0.15) is 5.78 Å². The molecular formula is C17H34OS. The highest BCUT2D eigenvalue weighted by molar-refractivity contribution is 8.00. The van der Waals surface area contributed by atoms with E-state index in [-0.39, 0.29) is 0 Å². The van der Waals surface area contributed by atoms with Crippen molar-refractivity contribution in [1.29, 1.82) is 0 Å². The Morgan fingerprint density at radius 2 is 1.32 bits per heavy atom. The smallest absolute Gasteiger partial charge is 0.142 e. The molecule has 0 saturated heterocycles. The molecule has 0 bridgehead atoms. The molecule has 2 heteroatoms. The van der Waals surface area contributed by atoms with Crippen molar-refractivity contribution in [1.82, 2.24) is 0 Å². The third kappa shape index (κ3) is 16.0. The molecule has 0 aliphatic heterocycles. The number of unbranched alkanes of at least 4 members (excludes halogenated alkanes) is 9. The van der Waals surface area contributed by atoms with Gasteiger partial charge in [-0.25, -0.2) is 0 Å². The zero-order valence-corrected chi connectivity index (χ0v) is 14.2. The fraction of sp³-hybridized carbons (Fsp3) is 0.941. The maximum atomic E-state index is 11.6. The number of ketones is 1. The van der Waals surface area contributed by atoms with Crippen LogP contribution >= 0.6 is 11.8 Å². The molecule has 0 aromatic carbocycles. The van der Waals surface area contributed by atoms with Crippen LogP contribution in [0.15, 0.2) is 0 Å². The second-order valence-electron chi connectivity index (χ2n) is 5.83. The number of carbonyl (C=O) groups excluding carboxylic acids is 1. The van der Waals surface area contributed by atoms with Crippen LogP contribution in [-0.4, -0.2) is 16.8 Å². The third-order valence-corrected chi connectivity index (χ3v) is 4.54. The van der Waals surface area contributed by atoms with Crippen molar-refractivity contribution < 1.29 is 4.79 Å². The maximum absolute atomic E-state index is 11.6. The summed E-state index contributed by atoms with van der Waals surface area (Å²) in [5.74, 6) is 1.16. The van der Waals surface area contributed by atoms with Gasteiger partial charge < -0.3 is 0 Å². The van der Waals surface area contributed by atoms with E-state index in [0.717, 1.165) is 18.6 Å². The average Bonchev–Trinajstić information content (AvgIpc) is 2.38. The van der Waals surface area contributed by atoms with Crippen LogP contribution in [0.1, 0.15) is 91.4 Å². The van der Waals surface area contributed by atoms with E-state index in [1.807, 2.05) is 0 Å². The van der Waals surface area contributed by atoms with Gasteiger partial charge in [-0.1, -0.05) is 78.6 Å². The SMILES string of the molecule is CCCCCCCCCCCCC(=O)CSC(C)C. The monoisotopic (exact) mass is 286 g/mol. The number of thioether (sulfide) groups is 1. The molecule has 0 saturated carbocycles. The molecule has 0 aromatic rings. The normalized spacial score (nSPS) is 11.2. The molecule has 0 atom stereocenters. The molecule has 0 radical (unpaired) electrons. The van der Waals surface area contributed by atoms with E-state index in [4.69, 9.17) is 0 Å². The molecule has 0 spiro atoms. The fourth-order valence-electron chi connectivity index (χ4n) is 2.14. The first kappa shape index (κ1) is 19.0. The quantitative estimate of drug-likeness (QED) is 0.364. The van der Waals surface area contributed by atoms with E-state index in [0.29, 0.717) is 11.0 Å². The number of hydrogen-bond donors (Lipinski definition) is 0. The zero-order chi connectivity index (χ0) is 14.3. The summed E-state index contributed by atoms with van der Waals surface area (Å²) >= 11 is 1.77. The number of carbonyl (C=O) groups is 1. The van der Waals surface area contributed by atoms with Crippen molar-refractivity contribution in [3.63, 3.8) is 0 Å². The molecule has 0 N–H and O–H groups in total. The van der Waals surface area contributed by atoms with E-state index in [1.165, 1.54) is 57.8 Å². The minimum atomic E-state index is 0.443. The topological polar surface area (TPSA) is 17.1 Å².